The number of ether oxygens (including phenoxy) is 1. The number of likely N-dealkylation sites (N-methyl/N-ethyl adjacent to an activating group) is 1. The highest BCUT2D eigenvalue weighted by atomic mass is 16.5. The van der Waals surface area contributed by atoms with Crippen LogP contribution in [0, 0.1) is 0 Å². The van der Waals surface area contributed by atoms with Gasteiger partial charge in [-0.15, -0.1) is 5.10 Å². The Kier molecular flexibility index (Phi) is 7.60. The monoisotopic (exact) mass is 484 g/mol. The lowest BCUT2D eigenvalue weighted by Gasteiger charge is -2.25. The van der Waals surface area contributed by atoms with Crippen LogP contribution < -0.4 is 20.7 Å². The van der Waals surface area contributed by atoms with Gasteiger partial charge >= 0.3 is 0 Å². The fourth-order valence-corrected chi connectivity index (χ4v) is 3.77. The molecule has 0 radical (unpaired) electrons. The van der Waals surface area contributed by atoms with Crippen molar-refractivity contribution >= 4 is 23.2 Å². The molecule has 9 heteroatoms. The molecule has 1 atom stereocenters. The van der Waals surface area contributed by atoms with E-state index >= 15 is 0 Å². The lowest BCUT2D eigenvalue weighted by molar-refractivity contribution is -0.127. The molecule has 3 N–H and O–H groups in total. The largest absolute Gasteiger partial charge is 0.497 e. The van der Waals surface area contributed by atoms with Gasteiger partial charge in [0.25, 0.3) is 0 Å². The molecule has 0 spiro atoms. The maximum Gasteiger partial charge on any atom is 0.249 e. The number of carbonyl (C=O) groups excluding carboxylic acids is 2. The molecule has 0 aliphatic carbocycles. The standard InChI is InChI=1S/C27H28N6O3/c1-32(22-12-14-23(36-2)15-13-22)27(35)24(16-19-6-4-3-5-7-19)29-26(34)18-33-17-25(30-31-33)20-8-10-21(28)11-9-20/h3-15,17,24H,16,18,28H2,1-2H3,(H,29,34). The first kappa shape index (κ1) is 24.5. The number of nitrogen functional groups attached to an aromatic ring is 1. The second kappa shape index (κ2) is 11.2. The maximum absolute atomic E-state index is 13.4. The third-order valence-electron chi connectivity index (χ3n) is 5.76. The summed E-state index contributed by atoms with van der Waals surface area (Å²) in [5.74, 6) is 0.111. The Morgan fingerprint density at radius 1 is 1.03 bits per heavy atom. The minimum atomic E-state index is -0.771. The summed E-state index contributed by atoms with van der Waals surface area (Å²) in [6.45, 7) is -0.0766. The molecular weight excluding hydrogens is 456 g/mol. The number of nitrogens with zero attached hydrogens (tertiary/aromatic N) is 4. The summed E-state index contributed by atoms with van der Waals surface area (Å²) in [6.07, 6.45) is 2.03. The van der Waals surface area contributed by atoms with Crippen LogP contribution in [-0.4, -0.2) is 47.0 Å². The van der Waals surface area contributed by atoms with E-state index in [1.807, 2.05) is 42.5 Å². The molecule has 36 heavy (non-hydrogen) atoms. The van der Waals surface area contributed by atoms with Crippen LogP contribution in [0.3, 0.4) is 0 Å². The van der Waals surface area contributed by atoms with Gasteiger partial charge in [-0.3, -0.25) is 9.59 Å². The zero-order valence-corrected chi connectivity index (χ0v) is 20.2. The summed E-state index contributed by atoms with van der Waals surface area (Å²) in [5.41, 5.74) is 9.49. The molecule has 0 fully saturated rings. The molecule has 3 aromatic carbocycles. The number of aromatic nitrogens is 3. The summed E-state index contributed by atoms with van der Waals surface area (Å²) in [4.78, 5) is 27.9. The topological polar surface area (TPSA) is 115 Å². The number of nitrogens with one attached hydrogen (secondary N) is 1. The zero-order valence-electron chi connectivity index (χ0n) is 20.2. The fraction of sp³-hybridized carbons (Fsp3) is 0.185. The van der Waals surface area contributed by atoms with E-state index in [2.05, 4.69) is 15.6 Å². The lowest BCUT2D eigenvalue weighted by atomic mass is 10.0. The first-order valence-electron chi connectivity index (χ1n) is 11.4. The van der Waals surface area contributed by atoms with Gasteiger partial charge in [-0.1, -0.05) is 47.7 Å². The van der Waals surface area contributed by atoms with Crippen LogP contribution in [0.4, 0.5) is 11.4 Å². The summed E-state index contributed by atoms with van der Waals surface area (Å²) >= 11 is 0. The highest BCUT2D eigenvalue weighted by Crippen LogP contribution is 2.20. The number of hydrogen-bond donors (Lipinski definition) is 2. The van der Waals surface area contributed by atoms with Crippen molar-refractivity contribution < 1.29 is 14.3 Å². The molecule has 4 rings (SSSR count). The average molecular weight is 485 g/mol. The van der Waals surface area contributed by atoms with Crippen LogP contribution in [0.15, 0.2) is 85.1 Å². The summed E-state index contributed by atoms with van der Waals surface area (Å²) in [7, 11) is 3.27. The molecule has 1 aromatic heterocycles. The van der Waals surface area contributed by atoms with E-state index in [-0.39, 0.29) is 18.4 Å². The van der Waals surface area contributed by atoms with Crippen LogP contribution in [0.2, 0.25) is 0 Å². The van der Waals surface area contributed by atoms with E-state index in [4.69, 9.17) is 10.5 Å². The van der Waals surface area contributed by atoms with Gasteiger partial charge in [0, 0.05) is 30.4 Å². The van der Waals surface area contributed by atoms with E-state index in [1.54, 1.807) is 56.8 Å². The van der Waals surface area contributed by atoms with Crippen LogP contribution in [0.25, 0.3) is 11.3 Å². The molecule has 2 amide bonds. The molecule has 1 heterocycles. The summed E-state index contributed by atoms with van der Waals surface area (Å²) < 4.78 is 6.64. The van der Waals surface area contributed by atoms with E-state index < -0.39 is 6.04 Å². The molecule has 4 aromatic rings. The van der Waals surface area contributed by atoms with Gasteiger partial charge in [-0.25, -0.2) is 4.68 Å². The summed E-state index contributed by atoms with van der Waals surface area (Å²) in [5, 5.41) is 11.1. The Hall–Kier alpha value is -4.66. The van der Waals surface area contributed by atoms with E-state index in [0.29, 0.717) is 29.2 Å². The minimum Gasteiger partial charge on any atom is -0.497 e. The number of anilines is 2. The Labute approximate surface area is 209 Å². The maximum atomic E-state index is 13.4. The van der Waals surface area contributed by atoms with Gasteiger partial charge in [0.15, 0.2) is 0 Å². The van der Waals surface area contributed by atoms with Gasteiger partial charge in [-0.2, -0.15) is 0 Å². The van der Waals surface area contributed by atoms with Gasteiger partial charge in [0.2, 0.25) is 11.8 Å². The van der Waals surface area contributed by atoms with Crippen molar-refractivity contribution in [2.24, 2.45) is 0 Å². The van der Waals surface area contributed by atoms with Gasteiger partial charge in [0.05, 0.1) is 13.3 Å². The number of benzene rings is 3. The number of amides is 2. The number of carbonyl (C=O) groups is 2. The second-order valence-electron chi connectivity index (χ2n) is 8.33. The molecule has 0 bridgehead atoms. The zero-order chi connectivity index (χ0) is 25.5. The van der Waals surface area contributed by atoms with E-state index in [0.717, 1.165) is 11.1 Å². The van der Waals surface area contributed by atoms with Gasteiger partial charge in [-0.05, 0) is 42.0 Å². The molecular formula is C27H28N6O3. The van der Waals surface area contributed by atoms with Crippen LogP contribution in [0.5, 0.6) is 5.75 Å². The van der Waals surface area contributed by atoms with Crippen molar-refractivity contribution in [3.63, 3.8) is 0 Å². The van der Waals surface area contributed by atoms with Crippen molar-refractivity contribution in [1.29, 1.82) is 0 Å². The minimum absolute atomic E-state index is 0.0766. The van der Waals surface area contributed by atoms with Crippen molar-refractivity contribution in [3.05, 3.63) is 90.6 Å². The van der Waals surface area contributed by atoms with Crippen LogP contribution in [-0.2, 0) is 22.6 Å². The van der Waals surface area contributed by atoms with E-state index in [9.17, 15) is 9.59 Å². The SMILES string of the molecule is COc1ccc(N(C)C(=O)C(Cc2ccccc2)NC(=O)Cn2cc(-c3ccc(N)cc3)nn2)cc1. The first-order chi connectivity index (χ1) is 17.4. The Morgan fingerprint density at radius 2 is 1.72 bits per heavy atom. The molecule has 0 aliphatic rings. The molecule has 0 saturated carbocycles. The highest BCUT2D eigenvalue weighted by Gasteiger charge is 2.25. The molecule has 0 aliphatic heterocycles. The quantitative estimate of drug-likeness (QED) is 0.353. The third kappa shape index (κ3) is 6.06. The molecule has 1 unspecified atom stereocenters. The predicted octanol–water partition coefficient (Wildman–Crippen LogP) is 2.93. The molecule has 9 nitrogen and oxygen atoms in total. The Bertz CT molecular complexity index is 1300. The van der Waals surface area contributed by atoms with Crippen LogP contribution >= 0.6 is 0 Å². The Morgan fingerprint density at radius 3 is 2.39 bits per heavy atom. The smallest absolute Gasteiger partial charge is 0.249 e. The third-order valence-corrected chi connectivity index (χ3v) is 5.76. The number of hydrogen-bond acceptors (Lipinski definition) is 6. The van der Waals surface area contributed by atoms with Crippen molar-refractivity contribution in [2.75, 3.05) is 24.8 Å². The number of nitrogens with two attached hydrogens (primary N) is 1. The predicted molar refractivity (Wildman–Crippen MR) is 138 cm³/mol. The first-order valence-corrected chi connectivity index (χ1v) is 11.4. The van der Waals surface area contributed by atoms with E-state index in [1.165, 1.54) is 9.58 Å². The van der Waals surface area contributed by atoms with Gasteiger partial charge < -0.3 is 20.7 Å². The lowest BCUT2D eigenvalue weighted by Crippen LogP contribution is -2.49. The normalized spacial score (nSPS) is 11.5. The Balaban J connectivity index is 1.48. The van der Waals surface area contributed by atoms with Crippen LogP contribution in [0.1, 0.15) is 5.56 Å². The van der Waals surface area contributed by atoms with Gasteiger partial charge in [0.1, 0.15) is 24.0 Å². The number of methoxy groups -OCH3 is 1. The number of rotatable bonds is 9. The highest BCUT2D eigenvalue weighted by molar-refractivity contribution is 5.99. The van der Waals surface area contributed by atoms with Crippen molar-refractivity contribution in [1.82, 2.24) is 20.3 Å². The van der Waals surface area contributed by atoms with Crippen molar-refractivity contribution in [2.45, 2.75) is 19.0 Å². The fourth-order valence-electron chi connectivity index (χ4n) is 3.77. The summed E-state index contributed by atoms with van der Waals surface area (Å²) in [6, 6.07) is 23.2. The molecule has 184 valence electrons. The van der Waals surface area contributed by atoms with Crippen molar-refractivity contribution in [3.8, 4) is 17.0 Å². The average Bonchev–Trinajstić information content (AvgIpc) is 3.36. The molecule has 0 saturated heterocycles. The second-order valence-corrected chi connectivity index (χ2v) is 8.33.